The highest BCUT2D eigenvalue weighted by Crippen LogP contribution is 2.30. The van der Waals surface area contributed by atoms with E-state index in [1.54, 1.807) is 0 Å². The van der Waals surface area contributed by atoms with Gasteiger partial charge in [-0.15, -0.1) is 0 Å². The number of sulfonamides is 1. The van der Waals surface area contributed by atoms with Crippen molar-refractivity contribution >= 4 is 21.6 Å². The second-order valence-corrected chi connectivity index (χ2v) is 6.79. The van der Waals surface area contributed by atoms with Crippen molar-refractivity contribution in [2.45, 2.75) is 30.2 Å². The Hall–Kier alpha value is -1.80. The van der Waals surface area contributed by atoms with Crippen LogP contribution in [-0.2, 0) is 14.8 Å². The van der Waals surface area contributed by atoms with E-state index in [2.05, 4.69) is 0 Å². The van der Waals surface area contributed by atoms with Gasteiger partial charge in [-0.1, -0.05) is 6.42 Å². The van der Waals surface area contributed by atoms with Crippen molar-refractivity contribution in [3.8, 4) is 5.75 Å². The van der Waals surface area contributed by atoms with Crippen LogP contribution in [0.15, 0.2) is 23.1 Å². The Morgan fingerprint density at radius 3 is 2.67 bits per heavy atom. The summed E-state index contributed by atoms with van der Waals surface area (Å²) in [5, 5.41) is 0. The average Bonchev–Trinajstić information content (AvgIpc) is 2.46. The fraction of sp³-hybridized carbons (Fsp3) is 0.462. The number of nitrogens with two attached hydrogens (primary N) is 2. The zero-order valence-corrected chi connectivity index (χ0v) is 12.6. The van der Waals surface area contributed by atoms with Gasteiger partial charge in [-0.3, -0.25) is 4.79 Å². The molecule has 1 aliphatic heterocycles. The summed E-state index contributed by atoms with van der Waals surface area (Å²) < 4.78 is 31.6. The lowest BCUT2D eigenvalue weighted by Crippen LogP contribution is -2.50. The molecule has 0 spiro atoms. The first-order chi connectivity index (χ1) is 9.87. The van der Waals surface area contributed by atoms with Gasteiger partial charge < -0.3 is 16.2 Å². The summed E-state index contributed by atoms with van der Waals surface area (Å²) in [6, 6.07) is 3.53. The van der Waals surface area contributed by atoms with E-state index >= 15 is 0 Å². The number of primary amides is 1. The van der Waals surface area contributed by atoms with Crippen LogP contribution in [0.5, 0.6) is 5.75 Å². The third kappa shape index (κ3) is 2.96. The zero-order chi connectivity index (χ0) is 15.6. The van der Waals surface area contributed by atoms with Gasteiger partial charge in [0.15, 0.2) is 0 Å². The van der Waals surface area contributed by atoms with Crippen molar-refractivity contribution in [2.75, 3.05) is 19.4 Å². The van der Waals surface area contributed by atoms with Gasteiger partial charge in [-0.05, 0) is 25.0 Å². The Kier molecular flexibility index (Phi) is 4.38. The van der Waals surface area contributed by atoms with Crippen LogP contribution in [0.3, 0.4) is 0 Å². The summed E-state index contributed by atoms with van der Waals surface area (Å²) in [5.74, 6) is -0.165. The van der Waals surface area contributed by atoms with Crippen LogP contribution < -0.4 is 16.2 Å². The highest BCUT2D eigenvalue weighted by Gasteiger charge is 2.37. The number of piperidine rings is 1. The second-order valence-electron chi connectivity index (χ2n) is 4.93. The predicted octanol–water partition coefficient (Wildman–Crippen LogP) is 0.306. The molecule has 21 heavy (non-hydrogen) atoms. The molecule has 1 aromatic rings. The maximum absolute atomic E-state index is 12.7. The van der Waals surface area contributed by atoms with Crippen molar-refractivity contribution in [3.63, 3.8) is 0 Å². The topological polar surface area (TPSA) is 116 Å². The van der Waals surface area contributed by atoms with Crippen LogP contribution >= 0.6 is 0 Å². The van der Waals surface area contributed by atoms with E-state index in [1.807, 2.05) is 0 Å². The summed E-state index contributed by atoms with van der Waals surface area (Å²) in [4.78, 5) is 11.5. The molecule has 0 saturated carbocycles. The molecule has 1 amide bonds. The smallest absolute Gasteiger partial charge is 0.245 e. The van der Waals surface area contributed by atoms with Gasteiger partial charge >= 0.3 is 0 Å². The van der Waals surface area contributed by atoms with Crippen LogP contribution in [0.1, 0.15) is 19.3 Å². The van der Waals surface area contributed by atoms with E-state index in [1.165, 1.54) is 25.3 Å². The van der Waals surface area contributed by atoms with Crippen LogP contribution in [0.25, 0.3) is 0 Å². The number of amides is 1. The van der Waals surface area contributed by atoms with Crippen molar-refractivity contribution in [1.82, 2.24) is 4.31 Å². The molecule has 1 unspecified atom stereocenters. The Morgan fingerprint density at radius 2 is 2.10 bits per heavy atom. The molecule has 0 bridgehead atoms. The lowest BCUT2D eigenvalue weighted by Gasteiger charge is -2.32. The van der Waals surface area contributed by atoms with E-state index in [0.717, 1.165) is 10.7 Å². The molecule has 7 nitrogen and oxygen atoms in total. The molecule has 8 heteroatoms. The molecule has 1 fully saturated rings. The predicted molar refractivity (Wildman–Crippen MR) is 78.1 cm³/mol. The van der Waals surface area contributed by atoms with Crippen molar-refractivity contribution in [3.05, 3.63) is 18.2 Å². The largest absolute Gasteiger partial charge is 0.497 e. The Morgan fingerprint density at radius 1 is 1.38 bits per heavy atom. The fourth-order valence-electron chi connectivity index (χ4n) is 2.49. The van der Waals surface area contributed by atoms with Crippen molar-refractivity contribution in [1.29, 1.82) is 0 Å². The average molecular weight is 313 g/mol. The monoisotopic (exact) mass is 313 g/mol. The first kappa shape index (κ1) is 15.6. The molecular weight excluding hydrogens is 294 g/mol. The number of hydrogen-bond donors (Lipinski definition) is 2. The van der Waals surface area contributed by atoms with Gasteiger partial charge in [0.05, 0.1) is 12.8 Å². The SMILES string of the molecule is COc1ccc(S(=O)(=O)N2CCCCC2C(N)=O)c(N)c1. The van der Waals surface area contributed by atoms with Gasteiger partial charge in [0.2, 0.25) is 15.9 Å². The Bertz CT molecular complexity index is 645. The standard InChI is InChI=1S/C13H19N3O4S/c1-20-9-5-6-12(10(14)8-9)21(18,19)16-7-3-2-4-11(16)13(15)17/h5-6,8,11H,2-4,7,14H2,1H3,(H2,15,17). The minimum Gasteiger partial charge on any atom is -0.497 e. The van der Waals surface area contributed by atoms with Crippen LogP contribution in [-0.4, -0.2) is 38.3 Å². The maximum atomic E-state index is 12.7. The third-order valence-corrected chi connectivity index (χ3v) is 5.57. The van der Waals surface area contributed by atoms with Gasteiger partial charge in [-0.25, -0.2) is 8.42 Å². The molecule has 116 valence electrons. The van der Waals surface area contributed by atoms with Crippen LogP contribution in [0, 0.1) is 0 Å². The number of anilines is 1. The molecule has 0 aromatic heterocycles. The summed E-state index contributed by atoms with van der Waals surface area (Å²) >= 11 is 0. The third-order valence-electron chi connectivity index (χ3n) is 3.59. The zero-order valence-electron chi connectivity index (χ0n) is 11.8. The molecule has 1 saturated heterocycles. The van der Waals surface area contributed by atoms with Gasteiger partial charge in [0.1, 0.15) is 16.7 Å². The quantitative estimate of drug-likeness (QED) is 0.776. The molecule has 1 aliphatic rings. The Labute approximate surface area is 123 Å². The number of carbonyl (C=O) groups excluding carboxylic acids is 1. The van der Waals surface area contributed by atoms with Crippen LogP contribution in [0.2, 0.25) is 0 Å². The molecule has 1 aromatic carbocycles. The first-order valence-electron chi connectivity index (χ1n) is 6.62. The summed E-state index contributed by atoms with van der Waals surface area (Å²) in [6.07, 6.45) is 1.90. The van der Waals surface area contributed by atoms with Gasteiger partial charge in [0.25, 0.3) is 0 Å². The molecule has 1 atom stereocenters. The lowest BCUT2D eigenvalue weighted by atomic mass is 10.0. The van der Waals surface area contributed by atoms with Gasteiger partial charge in [-0.2, -0.15) is 4.31 Å². The highest BCUT2D eigenvalue weighted by atomic mass is 32.2. The molecular formula is C13H19N3O4S. The number of ether oxygens (including phenoxy) is 1. The number of hydrogen-bond acceptors (Lipinski definition) is 5. The number of nitrogens with zero attached hydrogens (tertiary/aromatic N) is 1. The number of methoxy groups -OCH3 is 1. The van der Waals surface area contributed by atoms with Crippen molar-refractivity contribution in [2.24, 2.45) is 5.73 Å². The van der Waals surface area contributed by atoms with Crippen LogP contribution in [0.4, 0.5) is 5.69 Å². The first-order valence-corrected chi connectivity index (χ1v) is 8.06. The summed E-state index contributed by atoms with van der Waals surface area (Å²) in [6.45, 7) is 0.265. The van der Waals surface area contributed by atoms with Crippen molar-refractivity contribution < 1.29 is 17.9 Å². The van der Waals surface area contributed by atoms with E-state index in [4.69, 9.17) is 16.2 Å². The summed E-state index contributed by atoms with van der Waals surface area (Å²) in [7, 11) is -2.39. The number of nitrogen functional groups attached to an aromatic ring is 1. The molecule has 0 aliphatic carbocycles. The second kappa shape index (κ2) is 5.90. The Balaban J connectivity index is 2.43. The van der Waals surface area contributed by atoms with E-state index in [0.29, 0.717) is 18.6 Å². The molecule has 1 heterocycles. The normalized spacial score (nSPS) is 20.1. The summed E-state index contributed by atoms with van der Waals surface area (Å²) in [5.41, 5.74) is 11.2. The van der Waals surface area contributed by atoms with E-state index < -0.39 is 22.0 Å². The van der Waals surface area contributed by atoms with E-state index in [9.17, 15) is 13.2 Å². The number of rotatable bonds is 4. The van der Waals surface area contributed by atoms with E-state index in [-0.39, 0.29) is 17.1 Å². The maximum Gasteiger partial charge on any atom is 0.245 e. The highest BCUT2D eigenvalue weighted by molar-refractivity contribution is 7.89. The van der Waals surface area contributed by atoms with Gasteiger partial charge in [0, 0.05) is 12.6 Å². The lowest BCUT2D eigenvalue weighted by molar-refractivity contribution is -0.122. The number of carbonyl (C=O) groups is 1. The fourth-order valence-corrected chi connectivity index (χ4v) is 4.26. The minimum atomic E-state index is -3.86. The molecule has 0 radical (unpaired) electrons. The minimum absolute atomic E-state index is 0.0311. The molecule has 4 N–H and O–H groups in total. The number of benzene rings is 1. The molecule has 2 rings (SSSR count).